The number of hydrogen-bond donors (Lipinski definition) is 1. The predicted octanol–water partition coefficient (Wildman–Crippen LogP) is 5.41. The van der Waals surface area contributed by atoms with Crippen LogP contribution in [0.3, 0.4) is 0 Å². The molecular formula is C29H28BrNO7S. The van der Waals surface area contributed by atoms with Crippen LogP contribution in [-0.4, -0.2) is 42.5 Å². The summed E-state index contributed by atoms with van der Waals surface area (Å²) in [5, 5.41) is 9.34. The third-order valence-electron chi connectivity index (χ3n) is 7.43. The lowest BCUT2D eigenvalue weighted by Crippen LogP contribution is -2.39. The number of rotatable bonds is 7. The molecule has 0 aromatic heterocycles. The minimum atomic E-state index is -4.08. The lowest BCUT2D eigenvalue weighted by molar-refractivity contribution is -0.137. The molecule has 0 amide bonds. The van der Waals surface area contributed by atoms with E-state index in [1.165, 1.54) is 18.2 Å². The normalized spacial score (nSPS) is 18.3. The Balaban J connectivity index is 1.56. The Hall–Kier alpha value is -3.24. The van der Waals surface area contributed by atoms with Gasteiger partial charge in [0.15, 0.2) is 17.3 Å². The second-order valence-corrected chi connectivity index (χ2v) is 12.4. The molecule has 1 aliphatic heterocycles. The molecule has 0 saturated carbocycles. The number of carbonyl (C=O) groups excluding carboxylic acids is 2. The molecule has 0 atom stereocenters. The van der Waals surface area contributed by atoms with E-state index in [0.717, 1.165) is 17.0 Å². The summed E-state index contributed by atoms with van der Waals surface area (Å²) in [5.41, 5.74) is 4.26. The zero-order valence-corrected chi connectivity index (χ0v) is 23.8. The van der Waals surface area contributed by atoms with Gasteiger partial charge in [-0.15, -0.1) is 0 Å². The van der Waals surface area contributed by atoms with E-state index < -0.39 is 22.0 Å². The van der Waals surface area contributed by atoms with Gasteiger partial charge in [-0.2, -0.15) is 8.42 Å². The van der Waals surface area contributed by atoms with Crippen molar-refractivity contribution in [2.75, 3.05) is 6.54 Å². The van der Waals surface area contributed by atoms with Crippen LogP contribution in [0.25, 0.3) is 0 Å². The number of Topliss-reactive ketones (excluding diaryl/α,β-unsaturated/α-hetero) is 2. The first-order valence-corrected chi connectivity index (χ1v) is 15.1. The Labute approximate surface area is 235 Å². The van der Waals surface area contributed by atoms with Crippen molar-refractivity contribution in [1.82, 2.24) is 4.90 Å². The average molecular weight is 615 g/mol. The molecule has 10 heteroatoms. The van der Waals surface area contributed by atoms with E-state index in [1.54, 1.807) is 24.3 Å². The molecule has 1 N–H and O–H groups in total. The molecule has 2 aromatic carbocycles. The highest BCUT2D eigenvalue weighted by Crippen LogP contribution is 2.50. The number of hydrogen-bond acceptors (Lipinski definition) is 7. The largest absolute Gasteiger partial charge is 0.481 e. The first-order valence-electron chi connectivity index (χ1n) is 12.9. The second kappa shape index (κ2) is 10.7. The third kappa shape index (κ3) is 5.32. The minimum Gasteiger partial charge on any atom is -0.481 e. The van der Waals surface area contributed by atoms with Crippen molar-refractivity contribution in [3.8, 4) is 5.75 Å². The Morgan fingerprint density at radius 1 is 0.974 bits per heavy atom. The number of carboxylic acid groups (broad SMARTS) is 1. The molecule has 3 aliphatic rings. The van der Waals surface area contributed by atoms with Gasteiger partial charge in [-0.3, -0.25) is 14.4 Å². The summed E-state index contributed by atoms with van der Waals surface area (Å²) in [5.74, 6) is -1.55. The van der Waals surface area contributed by atoms with Crippen LogP contribution in [0.4, 0.5) is 0 Å². The summed E-state index contributed by atoms with van der Waals surface area (Å²) in [6.07, 6.45) is 3.19. The molecule has 0 radical (unpaired) electrons. The van der Waals surface area contributed by atoms with Crippen molar-refractivity contribution in [3.63, 3.8) is 0 Å². The molecule has 204 valence electrons. The molecule has 2 aromatic rings. The summed E-state index contributed by atoms with van der Waals surface area (Å²) in [7, 11) is -4.08. The monoisotopic (exact) mass is 613 g/mol. The van der Waals surface area contributed by atoms with Gasteiger partial charge >= 0.3 is 16.1 Å². The van der Waals surface area contributed by atoms with Crippen LogP contribution in [0, 0.1) is 6.92 Å². The molecule has 0 saturated heterocycles. The number of ketones is 2. The van der Waals surface area contributed by atoms with Gasteiger partial charge in [-0.25, -0.2) is 0 Å². The maximum Gasteiger partial charge on any atom is 0.339 e. The Kier molecular flexibility index (Phi) is 7.52. The molecule has 0 fully saturated rings. The Morgan fingerprint density at radius 3 is 2.10 bits per heavy atom. The van der Waals surface area contributed by atoms with Gasteiger partial charge in [0.25, 0.3) is 0 Å². The van der Waals surface area contributed by atoms with Crippen LogP contribution >= 0.6 is 15.9 Å². The number of allylic oxidation sites excluding steroid dienone is 4. The SMILES string of the molecule is Cc1ccc(S(=O)(=O)Oc2ccc(C3C4=C(CCCC4=O)N(CCC(=O)O)C4=C3C(=O)CCC4)cc2Br)cc1. The van der Waals surface area contributed by atoms with Crippen molar-refractivity contribution in [2.24, 2.45) is 0 Å². The van der Waals surface area contributed by atoms with E-state index in [-0.39, 0.29) is 35.2 Å². The quantitative estimate of drug-likeness (QED) is 0.412. The minimum absolute atomic E-state index is 0.0306. The molecule has 8 nitrogen and oxygen atoms in total. The lowest BCUT2D eigenvalue weighted by Gasteiger charge is -2.44. The Morgan fingerprint density at radius 2 is 1.56 bits per heavy atom. The van der Waals surface area contributed by atoms with Gasteiger partial charge < -0.3 is 14.2 Å². The van der Waals surface area contributed by atoms with Crippen LogP contribution in [0.1, 0.15) is 62.0 Å². The van der Waals surface area contributed by atoms with Gasteiger partial charge in [0.1, 0.15) is 4.90 Å². The molecule has 2 aliphatic carbocycles. The Bertz CT molecular complexity index is 1500. The van der Waals surface area contributed by atoms with Crippen LogP contribution in [-0.2, 0) is 24.5 Å². The smallest absolute Gasteiger partial charge is 0.339 e. The average Bonchev–Trinajstić information content (AvgIpc) is 2.88. The highest BCUT2D eigenvalue weighted by Gasteiger charge is 2.43. The summed E-state index contributed by atoms with van der Waals surface area (Å²) in [4.78, 5) is 40.0. The fourth-order valence-electron chi connectivity index (χ4n) is 5.66. The summed E-state index contributed by atoms with van der Waals surface area (Å²) >= 11 is 3.44. The summed E-state index contributed by atoms with van der Waals surface area (Å²) in [6, 6.07) is 11.3. The van der Waals surface area contributed by atoms with E-state index in [4.69, 9.17) is 4.18 Å². The second-order valence-electron chi connectivity index (χ2n) is 10.0. The number of aryl methyl sites for hydroxylation is 1. The van der Waals surface area contributed by atoms with Gasteiger partial charge in [-0.1, -0.05) is 23.8 Å². The van der Waals surface area contributed by atoms with Crippen LogP contribution in [0.15, 0.2) is 74.4 Å². The van der Waals surface area contributed by atoms with Crippen molar-refractivity contribution >= 4 is 43.6 Å². The summed E-state index contributed by atoms with van der Waals surface area (Å²) < 4.78 is 31.5. The van der Waals surface area contributed by atoms with Crippen molar-refractivity contribution in [3.05, 3.63) is 80.6 Å². The predicted molar refractivity (Wildman–Crippen MR) is 147 cm³/mol. The maximum atomic E-state index is 13.3. The highest BCUT2D eigenvalue weighted by atomic mass is 79.9. The topological polar surface area (TPSA) is 118 Å². The first kappa shape index (κ1) is 27.3. The molecular weight excluding hydrogens is 586 g/mol. The van der Waals surface area contributed by atoms with E-state index in [0.29, 0.717) is 59.7 Å². The number of carbonyl (C=O) groups is 3. The van der Waals surface area contributed by atoms with E-state index in [9.17, 15) is 27.9 Å². The zero-order chi connectivity index (χ0) is 27.9. The standard InChI is InChI=1S/C29H28BrNO7S/c1-17-8-11-19(12-9-17)39(36,37)38-25-13-10-18(16-20(25)30)27-28-21(4-2-6-23(28)32)31(15-14-26(34)35)22-5-3-7-24(33)29(22)27/h8-13,16,27H,2-7,14-15H2,1H3,(H,34,35). The van der Waals surface area contributed by atoms with Crippen molar-refractivity contribution in [2.45, 2.75) is 62.7 Å². The number of halogens is 1. The van der Waals surface area contributed by atoms with E-state index >= 15 is 0 Å². The number of carboxylic acids is 1. The molecule has 5 rings (SSSR count). The lowest BCUT2D eigenvalue weighted by atomic mass is 9.71. The fraction of sp³-hybridized carbons (Fsp3) is 0.345. The molecule has 0 unspecified atom stereocenters. The van der Waals surface area contributed by atoms with Gasteiger partial charge in [0.2, 0.25) is 0 Å². The molecule has 39 heavy (non-hydrogen) atoms. The van der Waals surface area contributed by atoms with Crippen LogP contribution < -0.4 is 4.18 Å². The van der Waals surface area contributed by atoms with Crippen molar-refractivity contribution < 1.29 is 32.1 Å². The third-order valence-corrected chi connectivity index (χ3v) is 9.30. The van der Waals surface area contributed by atoms with Gasteiger partial charge in [0.05, 0.1) is 10.9 Å². The maximum absolute atomic E-state index is 13.3. The van der Waals surface area contributed by atoms with Crippen molar-refractivity contribution in [1.29, 1.82) is 0 Å². The number of aliphatic carboxylic acids is 1. The van der Waals surface area contributed by atoms with Crippen LogP contribution in [0.2, 0.25) is 0 Å². The van der Waals surface area contributed by atoms with E-state index in [2.05, 4.69) is 15.9 Å². The molecule has 1 heterocycles. The van der Waals surface area contributed by atoms with Crippen LogP contribution in [0.5, 0.6) is 5.75 Å². The molecule has 0 bridgehead atoms. The first-order chi connectivity index (χ1) is 18.6. The number of nitrogens with zero attached hydrogens (tertiary/aromatic N) is 1. The molecule has 0 spiro atoms. The summed E-state index contributed by atoms with van der Waals surface area (Å²) in [6.45, 7) is 2.06. The fourth-order valence-corrected chi connectivity index (χ4v) is 7.19. The van der Waals surface area contributed by atoms with E-state index in [1.807, 2.05) is 11.8 Å². The van der Waals surface area contributed by atoms with Gasteiger partial charge in [0, 0.05) is 47.8 Å². The number of benzene rings is 2. The van der Waals surface area contributed by atoms with Gasteiger partial charge in [-0.05, 0) is 78.4 Å². The highest BCUT2D eigenvalue weighted by molar-refractivity contribution is 9.10. The zero-order valence-electron chi connectivity index (χ0n) is 21.4.